The second-order valence-electron chi connectivity index (χ2n) is 17.6. The molecule has 0 fully saturated rings. The first-order valence-electron chi connectivity index (χ1n) is 21.0. The van der Waals surface area contributed by atoms with Gasteiger partial charge in [0.25, 0.3) is 0 Å². The summed E-state index contributed by atoms with van der Waals surface area (Å²) >= 11 is -2.75. The van der Waals surface area contributed by atoms with Crippen LogP contribution in [0.1, 0.15) is 163 Å². The Morgan fingerprint density at radius 1 is 0.653 bits per heavy atom. The van der Waals surface area contributed by atoms with E-state index in [1.54, 1.807) is 6.26 Å². The minimum Gasteiger partial charge on any atom is -0.498 e. The maximum Gasteiger partial charge on any atom is 0.104 e. The smallest absolute Gasteiger partial charge is 0.104 e. The minimum atomic E-state index is -2.75. The Hall–Kier alpha value is 0.232. The summed E-state index contributed by atoms with van der Waals surface area (Å²) in [5.74, 6) is 0.625. The number of unbranched alkanes of at least 4 members (excludes halogenated alkanes) is 3. The molecular weight excluding hydrogens is 743 g/mol. The summed E-state index contributed by atoms with van der Waals surface area (Å²) in [6, 6.07) is 0. The van der Waals surface area contributed by atoms with Crippen molar-refractivity contribution in [2.24, 2.45) is 5.92 Å². The fourth-order valence-electron chi connectivity index (χ4n) is 9.71. The predicted octanol–water partition coefficient (Wildman–Crippen LogP) is 14.4. The molecule has 0 aromatic carbocycles. The Labute approximate surface area is 313 Å². The zero-order valence-electron chi connectivity index (χ0n) is 35.9. The fraction of sp³-hybridized carbons (Fsp3) is 0.905. The summed E-state index contributed by atoms with van der Waals surface area (Å²) in [5.41, 5.74) is 3.40. The molecule has 0 amide bonds. The van der Waals surface area contributed by atoms with Gasteiger partial charge in [0.05, 0.1) is 6.26 Å². The molecule has 0 N–H and O–H groups in total. The maximum absolute atomic E-state index is 7.59. The number of hydrogen-bond acceptors (Lipinski definition) is 4. The molecule has 0 saturated heterocycles. The van der Waals surface area contributed by atoms with Crippen LogP contribution in [0.25, 0.3) is 0 Å². The Bertz CT molecular complexity index is 895. The Morgan fingerprint density at radius 2 is 1.08 bits per heavy atom. The molecule has 0 aliphatic carbocycles. The summed E-state index contributed by atoms with van der Waals surface area (Å²) in [5, 5.41) is 0. The van der Waals surface area contributed by atoms with Gasteiger partial charge in [0.15, 0.2) is 0 Å². The van der Waals surface area contributed by atoms with Gasteiger partial charge < -0.3 is 4.74 Å². The second kappa shape index (κ2) is 22.4. The Kier molecular flexibility index (Phi) is 21.6. The van der Waals surface area contributed by atoms with Crippen molar-refractivity contribution >= 4 is 35.0 Å². The van der Waals surface area contributed by atoms with Crippen LogP contribution in [-0.4, -0.2) is 59.9 Å². The number of ether oxygens (including phenoxy) is 2. The molecule has 7 heteroatoms. The van der Waals surface area contributed by atoms with Gasteiger partial charge in [-0.1, -0.05) is 13.8 Å². The monoisotopic (exact) mass is 831 g/mol. The van der Waals surface area contributed by atoms with Gasteiger partial charge in [0, 0.05) is 5.92 Å². The standard InChI is InChI=1S/C23H47O3Si2.C7H12O.3C4H9.Sn/c1-16(2)27(17(3)4,18(5)6)25-15-23-22(13-14-24-23)26-28(19(7)8,20(9)10)21(11)12;1-3-7-6(2)4-5-8-7;3*1-3-4-2;/h13,16-23H,15H2,1-12H3;4-7H,3H2,1-2H3;3*1,3-4H2,2H3;/t22-,23+;6-,7+;;;;/m00..../s1. The van der Waals surface area contributed by atoms with E-state index in [0.717, 1.165) is 6.42 Å². The van der Waals surface area contributed by atoms with Crippen LogP contribution in [0.3, 0.4) is 0 Å². The SMILES string of the molecule is CCC[CH2][Sn]([CH2]CCC)([CH2]CCC)[C]1=C[C@H](O[Si](C(C)C)(C(C)C)C(C)C)[C@@H](CO[Si](C(C)C)(C(C)C)C(C)C)O1.CC[C@H]1OC=C[C@@H]1C. The third-order valence-electron chi connectivity index (χ3n) is 12.4. The van der Waals surface area contributed by atoms with E-state index in [-0.39, 0.29) is 12.2 Å². The molecule has 0 saturated carbocycles. The summed E-state index contributed by atoms with van der Waals surface area (Å²) < 4.78 is 33.1. The van der Waals surface area contributed by atoms with Crippen molar-refractivity contribution in [1.29, 1.82) is 0 Å². The van der Waals surface area contributed by atoms with E-state index in [4.69, 9.17) is 18.3 Å². The molecule has 0 spiro atoms. The van der Waals surface area contributed by atoms with Crippen molar-refractivity contribution in [3.8, 4) is 0 Å². The third-order valence-corrected chi connectivity index (χ3v) is 39.6. The van der Waals surface area contributed by atoms with Crippen molar-refractivity contribution in [1.82, 2.24) is 0 Å². The molecule has 2 heterocycles. The molecule has 0 unspecified atom stereocenters. The molecule has 0 radical (unpaired) electrons. The van der Waals surface area contributed by atoms with Gasteiger partial charge in [-0.2, -0.15) is 0 Å². The molecule has 49 heavy (non-hydrogen) atoms. The third kappa shape index (κ3) is 12.1. The summed E-state index contributed by atoms with van der Waals surface area (Å²) in [6.45, 7) is 41.0. The van der Waals surface area contributed by atoms with Crippen LogP contribution in [0.15, 0.2) is 22.2 Å². The topological polar surface area (TPSA) is 36.9 Å². The van der Waals surface area contributed by atoms with Gasteiger partial charge in [0.2, 0.25) is 0 Å². The fourth-order valence-corrected chi connectivity index (χ4v) is 36.4. The molecular formula is C42H86O4Si2Sn. The van der Waals surface area contributed by atoms with Crippen LogP contribution in [0.5, 0.6) is 0 Å². The summed E-state index contributed by atoms with van der Waals surface area (Å²) in [6.07, 6.45) is 16.0. The van der Waals surface area contributed by atoms with E-state index in [1.807, 2.05) is 0 Å². The van der Waals surface area contributed by atoms with Gasteiger partial charge in [-0.15, -0.1) is 0 Å². The summed E-state index contributed by atoms with van der Waals surface area (Å²) in [4.78, 5) is 0. The summed E-state index contributed by atoms with van der Waals surface area (Å²) in [7, 11) is -4.09. The van der Waals surface area contributed by atoms with Gasteiger partial charge in [-0.25, -0.2) is 0 Å². The molecule has 290 valence electrons. The van der Waals surface area contributed by atoms with Gasteiger partial charge in [0.1, 0.15) is 6.10 Å². The molecule has 4 nitrogen and oxygen atoms in total. The molecule has 2 rings (SSSR count). The van der Waals surface area contributed by atoms with Crippen LogP contribution in [0, 0.1) is 5.92 Å². The number of hydrogen-bond donors (Lipinski definition) is 0. The van der Waals surface area contributed by atoms with Crippen LogP contribution in [0.4, 0.5) is 0 Å². The molecule has 2 aliphatic heterocycles. The maximum atomic E-state index is 7.59. The van der Waals surface area contributed by atoms with Crippen molar-refractivity contribution in [2.45, 2.75) is 228 Å². The average Bonchev–Trinajstić information content (AvgIpc) is 3.64. The van der Waals surface area contributed by atoms with E-state index in [1.165, 1.54) is 55.6 Å². The molecule has 0 aromatic rings. The number of rotatable bonds is 22. The van der Waals surface area contributed by atoms with Crippen molar-refractivity contribution in [3.05, 3.63) is 22.2 Å². The molecule has 2 aliphatic rings. The van der Waals surface area contributed by atoms with Gasteiger partial charge >= 0.3 is 266 Å². The Morgan fingerprint density at radius 3 is 1.39 bits per heavy atom. The van der Waals surface area contributed by atoms with E-state index in [2.05, 4.69) is 130 Å². The normalized spacial score (nSPS) is 21.7. The van der Waals surface area contributed by atoms with Crippen molar-refractivity contribution in [3.63, 3.8) is 0 Å². The zero-order valence-corrected chi connectivity index (χ0v) is 40.8. The Balaban J connectivity index is 0.00000130. The van der Waals surface area contributed by atoms with Crippen molar-refractivity contribution < 1.29 is 18.3 Å². The van der Waals surface area contributed by atoms with E-state index in [0.29, 0.717) is 51.9 Å². The van der Waals surface area contributed by atoms with E-state index < -0.39 is 35.0 Å². The zero-order chi connectivity index (χ0) is 37.6. The van der Waals surface area contributed by atoms with Gasteiger partial charge in [-0.3, -0.25) is 0 Å². The van der Waals surface area contributed by atoms with Crippen LogP contribution in [-0.2, 0) is 18.3 Å². The first-order chi connectivity index (χ1) is 23.0. The minimum absolute atomic E-state index is 0.00259. The quantitative estimate of drug-likeness (QED) is 0.102. The predicted molar refractivity (Wildman–Crippen MR) is 224 cm³/mol. The van der Waals surface area contributed by atoms with Crippen LogP contribution >= 0.6 is 0 Å². The van der Waals surface area contributed by atoms with Crippen LogP contribution < -0.4 is 0 Å². The first-order valence-corrected chi connectivity index (χ1v) is 32.8. The average molecular weight is 830 g/mol. The van der Waals surface area contributed by atoms with Gasteiger partial charge in [-0.05, 0) is 12.5 Å². The molecule has 4 atom stereocenters. The van der Waals surface area contributed by atoms with E-state index >= 15 is 0 Å². The second-order valence-corrected chi connectivity index (χ2v) is 41.4. The van der Waals surface area contributed by atoms with E-state index in [9.17, 15) is 0 Å². The first kappa shape index (κ1) is 47.3. The van der Waals surface area contributed by atoms with Crippen LogP contribution in [0.2, 0.25) is 46.6 Å². The molecule has 0 bridgehead atoms. The largest absolute Gasteiger partial charge is 0.498 e. The van der Waals surface area contributed by atoms with Crippen molar-refractivity contribution in [2.75, 3.05) is 6.61 Å². The molecule has 0 aromatic heterocycles.